The molecular weight excluding hydrogens is 214 g/mol. The van der Waals surface area contributed by atoms with Crippen LogP contribution in [0.1, 0.15) is 45.4 Å². The molecule has 0 heterocycles. The van der Waals surface area contributed by atoms with Gasteiger partial charge in [0.2, 0.25) is 0 Å². The zero-order chi connectivity index (χ0) is 12.0. The summed E-state index contributed by atoms with van der Waals surface area (Å²) < 4.78 is 5.40. The number of nitrogens with zero attached hydrogens (tertiary/aromatic N) is 1. The van der Waals surface area contributed by atoms with Gasteiger partial charge in [0.25, 0.3) is 0 Å². The molecule has 4 aliphatic carbocycles. The Morgan fingerprint density at radius 2 is 1.65 bits per heavy atom. The summed E-state index contributed by atoms with van der Waals surface area (Å²) in [6, 6.07) is 0. The third kappa shape index (κ3) is 1.70. The van der Waals surface area contributed by atoms with Crippen molar-refractivity contribution < 1.29 is 9.94 Å². The Morgan fingerprint density at radius 1 is 1.18 bits per heavy atom. The topological polar surface area (TPSA) is 41.8 Å². The fourth-order valence-corrected chi connectivity index (χ4v) is 5.15. The van der Waals surface area contributed by atoms with Crippen molar-refractivity contribution in [2.24, 2.45) is 28.3 Å². The molecule has 4 bridgehead atoms. The van der Waals surface area contributed by atoms with Crippen LogP contribution >= 0.6 is 0 Å². The van der Waals surface area contributed by atoms with Crippen LogP contribution in [0.2, 0.25) is 0 Å². The van der Waals surface area contributed by atoms with Crippen molar-refractivity contribution in [3.8, 4) is 0 Å². The lowest BCUT2D eigenvalue weighted by molar-refractivity contribution is -0.0200. The highest BCUT2D eigenvalue weighted by atomic mass is 16.5. The molecule has 0 unspecified atom stereocenters. The second-order valence-electron chi connectivity index (χ2n) is 6.56. The van der Waals surface area contributed by atoms with E-state index < -0.39 is 0 Å². The second kappa shape index (κ2) is 3.98. The zero-order valence-corrected chi connectivity index (χ0v) is 10.9. The molecule has 4 fully saturated rings. The Balaban J connectivity index is 1.90. The van der Waals surface area contributed by atoms with E-state index in [9.17, 15) is 5.21 Å². The monoisotopic (exact) mass is 237 g/mol. The lowest BCUT2D eigenvalue weighted by Crippen LogP contribution is -2.52. The Bertz CT molecular complexity index is 302. The molecule has 3 nitrogen and oxygen atoms in total. The first-order valence-corrected chi connectivity index (χ1v) is 6.92. The average molecular weight is 237 g/mol. The molecule has 4 saturated carbocycles. The molecular formula is C14H23NO2. The van der Waals surface area contributed by atoms with E-state index in [1.807, 2.05) is 6.92 Å². The highest BCUT2D eigenvalue weighted by molar-refractivity contribution is 5.93. The van der Waals surface area contributed by atoms with Gasteiger partial charge in [0.1, 0.15) is 0 Å². The maximum absolute atomic E-state index is 9.40. The van der Waals surface area contributed by atoms with Gasteiger partial charge in [0, 0.05) is 12.5 Å². The Kier molecular flexibility index (Phi) is 2.69. The number of ether oxygens (including phenoxy) is 1. The van der Waals surface area contributed by atoms with Gasteiger partial charge in [-0.05, 0) is 63.2 Å². The maximum Gasteiger partial charge on any atom is 0.0962 e. The molecule has 0 aromatic rings. The molecule has 1 N–H and O–H groups in total. The average Bonchev–Trinajstić information content (AvgIpc) is 2.27. The van der Waals surface area contributed by atoms with Crippen LogP contribution in [0.4, 0.5) is 0 Å². The first-order chi connectivity index (χ1) is 8.16. The number of hydrogen-bond donors (Lipinski definition) is 1. The van der Waals surface area contributed by atoms with Crippen molar-refractivity contribution in [3.05, 3.63) is 0 Å². The number of rotatable bonds is 3. The van der Waals surface area contributed by atoms with Crippen LogP contribution in [0.25, 0.3) is 0 Å². The lowest BCUT2D eigenvalue weighted by atomic mass is 9.48. The van der Waals surface area contributed by atoms with Crippen molar-refractivity contribution in [3.63, 3.8) is 0 Å². The number of hydrogen-bond acceptors (Lipinski definition) is 3. The van der Waals surface area contributed by atoms with Crippen molar-refractivity contribution in [2.45, 2.75) is 51.6 Å². The SMILES string of the molecule is CO[C@@H](C)/C(=N\O)C12CC3CC(CC(C3)C1)C2. The van der Waals surface area contributed by atoms with Crippen molar-refractivity contribution in [2.75, 3.05) is 7.11 Å². The van der Waals surface area contributed by atoms with Crippen LogP contribution in [0, 0.1) is 23.2 Å². The minimum absolute atomic E-state index is 0.0451. The first kappa shape index (κ1) is 11.5. The van der Waals surface area contributed by atoms with Crippen molar-refractivity contribution in [1.29, 1.82) is 0 Å². The van der Waals surface area contributed by atoms with E-state index in [1.165, 1.54) is 38.5 Å². The molecule has 1 atom stereocenters. The first-order valence-electron chi connectivity index (χ1n) is 6.92. The molecule has 0 radical (unpaired) electrons. The zero-order valence-electron chi connectivity index (χ0n) is 10.9. The van der Waals surface area contributed by atoms with E-state index in [0.717, 1.165) is 23.5 Å². The van der Waals surface area contributed by atoms with Gasteiger partial charge in [-0.1, -0.05) is 5.16 Å². The molecule has 0 aromatic carbocycles. The lowest BCUT2D eigenvalue weighted by Gasteiger charge is -2.57. The molecule has 0 saturated heterocycles. The highest BCUT2D eigenvalue weighted by Crippen LogP contribution is 2.60. The van der Waals surface area contributed by atoms with E-state index in [1.54, 1.807) is 7.11 Å². The van der Waals surface area contributed by atoms with Gasteiger partial charge in [-0.3, -0.25) is 0 Å². The van der Waals surface area contributed by atoms with Gasteiger partial charge in [0.05, 0.1) is 11.8 Å². The van der Waals surface area contributed by atoms with E-state index in [4.69, 9.17) is 4.74 Å². The summed E-state index contributed by atoms with van der Waals surface area (Å²) >= 11 is 0. The summed E-state index contributed by atoms with van der Waals surface area (Å²) in [5, 5.41) is 13.0. The van der Waals surface area contributed by atoms with Gasteiger partial charge in [-0.15, -0.1) is 0 Å². The molecule has 0 aliphatic heterocycles. The van der Waals surface area contributed by atoms with Crippen LogP contribution in [-0.4, -0.2) is 24.1 Å². The quantitative estimate of drug-likeness (QED) is 0.465. The third-order valence-electron chi connectivity index (χ3n) is 5.43. The third-order valence-corrected chi connectivity index (χ3v) is 5.43. The van der Waals surface area contributed by atoms with Gasteiger partial charge in [-0.25, -0.2) is 0 Å². The molecule has 17 heavy (non-hydrogen) atoms. The van der Waals surface area contributed by atoms with E-state index in [2.05, 4.69) is 5.16 Å². The summed E-state index contributed by atoms with van der Waals surface area (Å²) in [7, 11) is 1.70. The fraction of sp³-hybridized carbons (Fsp3) is 0.929. The molecule has 3 heteroatoms. The normalized spacial score (nSPS) is 46.2. The molecule has 96 valence electrons. The second-order valence-corrected chi connectivity index (χ2v) is 6.56. The van der Waals surface area contributed by atoms with Gasteiger partial charge in [-0.2, -0.15) is 0 Å². The van der Waals surface area contributed by atoms with Crippen LogP contribution in [0.5, 0.6) is 0 Å². The standard InChI is InChI=1S/C14H23NO2/c1-9(17-2)13(15-16)14-6-10-3-11(7-14)5-12(4-10)8-14/h9-12,16H,3-8H2,1-2H3/b15-13+/t9-,10?,11?,12?,14?/m0/s1. The largest absolute Gasteiger partial charge is 0.411 e. The van der Waals surface area contributed by atoms with E-state index in [0.29, 0.717) is 0 Å². The van der Waals surface area contributed by atoms with Crippen LogP contribution in [0.15, 0.2) is 5.16 Å². The molecule has 0 spiro atoms. The molecule has 4 rings (SSSR count). The Hall–Kier alpha value is -0.570. The van der Waals surface area contributed by atoms with Crippen LogP contribution in [-0.2, 0) is 4.74 Å². The number of oxime groups is 1. The predicted molar refractivity (Wildman–Crippen MR) is 66.3 cm³/mol. The summed E-state index contributed by atoms with van der Waals surface area (Å²) in [5.41, 5.74) is 1.08. The maximum atomic E-state index is 9.40. The van der Waals surface area contributed by atoms with Gasteiger partial charge < -0.3 is 9.94 Å². The van der Waals surface area contributed by atoms with Crippen molar-refractivity contribution in [1.82, 2.24) is 0 Å². The predicted octanol–water partition coefficient (Wildman–Crippen LogP) is 3.07. The molecule has 0 aromatic heterocycles. The van der Waals surface area contributed by atoms with E-state index in [-0.39, 0.29) is 11.5 Å². The molecule has 0 amide bonds. The number of methoxy groups -OCH3 is 1. The van der Waals surface area contributed by atoms with E-state index >= 15 is 0 Å². The summed E-state index contributed by atoms with van der Waals surface area (Å²) in [6.07, 6.45) is 7.89. The minimum Gasteiger partial charge on any atom is -0.411 e. The Labute approximate surface area is 103 Å². The smallest absolute Gasteiger partial charge is 0.0962 e. The summed E-state index contributed by atoms with van der Waals surface area (Å²) in [4.78, 5) is 0. The van der Waals surface area contributed by atoms with Crippen LogP contribution < -0.4 is 0 Å². The summed E-state index contributed by atoms with van der Waals surface area (Å²) in [6.45, 7) is 2.01. The van der Waals surface area contributed by atoms with Gasteiger partial charge >= 0.3 is 0 Å². The fourth-order valence-electron chi connectivity index (χ4n) is 5.15. The highest BCUT2D eigenvalue weighted by Gasteiger charge is 2.54. The van der Waals surface area contributed by atoms with Gasteiger partial charge in [0.15, 0.2) is 0 Å². The van der Waals surface area contributed by atoms with Crippen molar-refractivity contribution >= 4 is 5.71 Å². The Morgan fingerprint density at radius 3 is 2.00 bits per heavy atom. The molecule has 4 aliphatic rings. The summed E-state index contributed by atoms with van der Waals surface area (Å²) in [5.74, 6) is 2.63. The minimum atomic E-state index is -0.0451. The van der Waals surface area contributed by atoms with Crippen LogP contribution in [0.3, 0.4) is 0 Å².